The molecule has 0 spiro atoms. The van der Waals surface area contributed by atoms with E-state index in [0.29, 0.717) is 36.1 Å². The Kier molecular flexibility index (Phi) is 5.72. The molecule has 1 aliphatic rings. The topological polar surface area (TPSA) is 66.6 Å². The van der Waals surface area contributed by atoms with Crippen LogP contribution in [-0.4, -0.2) is 56.6 Å². The number of nitrogens with zero attached hydrogens (tertiary/aromatic N) is 6. The van der Waals surface area contributed by atoms with Gasteiger partial charge in [0, 0.05) is 59.4 Å². The number of amides is 1. The van der Waals surface area contributed by atoms with Crippen LogP contribution in [0.2, 0.25) is 5.02 Å². The van der Waals surface area contributed by atoms with Gasteiger partial charge in [0.15, 0.2) is 5.82 Å². The Morgan fingerprint density at radius 3 is 2.33 bits per heavy atom. The molecule has 7 nitrogen and oxygen atoms in total. The van der Waals surface area contributed by atoms with E-state index in [-0.39, 0.29) is 5.91 Å². The van der Waals surface area contributed by atoms with Crippen LogP contribution in [0.15, 0.2) is 54.6 Å². The molecule has 3 heterocycles. The number of aryl methyl sites for hydroxylation is 2. The summed E-state index contributed by atoms with van der Waals surface area (Å²) < 4.78 is 1.73. The van der Waals surface area contributed by atoms with Crippen molar-refractivity contribution >= 4 is 29.0 Å². The Morgan fingerprint density at radius 2 is 1.64 bits per heavy atom. The number of anilines is 1. The van der Waals surface area contributed by atoms with Gasteiger partial charge in [-0.15, -0.1) is 5.10 Å². The van der Waals surface area contributed by atoms with Crippen LogP contribution in [-0.2, 0) is 11.2 Å². The van der Waals surface area contributed by atoms with E-state index >= 15 is 0 Å². The van der Waals surface area contributed by atoms with Crippen molar-refractivity contribution in [2.75, 3.05) is 31.1 Å². The van der Waals surface area contributed by atoms with Crippen molar-refractivity contribution in [1.29, 1.82) is 0 Å². The molecule has 168 valence electrons. The summed E-state index contributed by atoms with van der Waals surface area (Å²) in [7, 11) is 0. The highest BCUT2D eigenvalue weighted by atomic mass is 35.5. The van der Waals surface area contributed by atoms with Crippen molar-refractivity contribution in [2.24, 2.45) is 0 Å². The summed E-state index contributed by atoms with van der Waals surface area (Å²) >= 11 is 6.00. The molecule has 4 aromatic rings. The van der Waals surface area contributed by atoms with Crippen molar-refractivity contribution in [1.82, 2.24) is 24.5 Å². The second kappa shape index (κ2) is 8.83. The maximum absolute atomic E-state index is 13.1. The van der Waals surface area contributed by atoms with Crippen LogP contribution in [0.25, 0.3) is 17.2 Å². The van der Waals surface area contributed by atoms with Gasteiger partial charge in [0.25, 0.3) is 5.78 Å². The van der Waals surface area contributed by atoms with E-state index in [1.807, 2.05) is 61.2 Å². The molecule has 1 amide bonds. The minimum atomic E-state index is 0.119. The molecule has 1 saturated heterocycles. The summed E-state index contributed by atoms with van der Waals surface area (Å²) in [6, 6.07) is 17.7. The van der Waals surface area contributed by atoms with Gasteiger partial charge in [-0.05, 0) is 50.2 Å². The lowest BCUT2D eigenvalue weighted by Gasteiger charge is -2.36. The number of para-hydroxylation sites is 1. The molecule has 2 aromatic carbocycles. The van der Waals surface area contributed by atoms with Crippen molar-refractivity contribution in [2.45, 2.75) is 20.3 Å². The van der Waals surface area contributed by atoms with E-state index in [4.69, 9.17) is 11.6 Å². The maximum Gasteiger partial charge on any atom is 0.253 e. The average Bonchev–Trinajstić information content (AvgIpc) is 3.27. The predicted molar refractivity (Wildman–Crippen MR) is 130 cm³/mol. The molecule has 0 bridgehead atoms. The summed E-state index contributed by atoms with van der Waals surface area (Å²) in [5.41, 5.74) is 4.68. The minimum Gasteiger partial charge on any atom is -0.368 e. The van der Waals surface area contributed by atoms with Crippen molar-refractivity contribution in [3.63, 3.8) is 0 Å². The van der Waals surface area contributed by atoms with Crippen LogP contribution in [0.3, 0.4) is 0 Å². The standard InChI is InChI=1S/C25H25ClN6O/c1-17-22(16-23(33)31-14-12-30(13-15-31)21-6-4-3-5-7-21)18(2)32-25(27-17)28-24(29-32)19-8-10-20(26)11-9-19/h3-11H,12-16H2,1-2H3. The van der Waals surface area contributed by atoms with E-state index in [0.717, 1.165) is 35.6 Å². The molecule has 33 heavy (non-hydrogen) atoms. The van der Waals surface area contributed by atoms with E-state index in [2.05, 4.69) is 32.1 Å². The monoisotopic (exact) mass is 460 g/mol. The second-order valence-electron chi connectivity index (χ2n) is 8.30. The number of carbonyl (C=O) groups excluding carboxylic acids is 1. The van der Waals surface area contributed by atoms with Crippen LogP contribution >= 0.6 is 11.6 Å². The van der Waals surface area contributed by atoms with Crippen molar-refractivity contribution < 1.29 is 4.79 Å². The highest BCUT2D eigenvalue weighted by molar-refractivity contribution is 6.30. The van der Waals surface area contributed by atoms with Crippen LogP contribution < -0.4 is 4.90 Å². The zero-order valence-corrected chi connectivity index (χ0v) is 19.5. The van der Waals surface area contributed by atoms with Gasteiger partial charge >= 0.3 is 0 Å². The normalized spacial score (nSPS) is 14.2. The zero-order valence-electron chi connectivity index (χ0n) is 18.7. The van der Waals surface area contributed by atoms with Gasteiger partial charge in [-0.25, -0.2) is 9.50 Å². The fourth-order valence-corrected chi connectivity index (χ4v) is 4.43. The summed E-state index contributed by atoms with van der Waals surface area (Å²) in [6.07, 6.45) is 0.308. The summed E-state index contributed by atoms with van der Waals surface area (Å²) in [4.78, 5) is 26.6. The number of hydrogen-bond acceptors (Lipinski definition) is 5. The summed E-state index contributed by atoms with van der Waals surface area (Å²) in [5.74, 6) is 1.23. The van der Waals surface area contributed by atoms with Gasteiger partial charge in [0.2, 0.25) is 5.91 Å². The first-order chi connectivity index (χ1) is 16.0. The van der Waals surface area contributed by atoms with Gasteiger partial charge in [-0.1, -0.05) is 29.8 Å². The maximum atomic E-state index is 13.1. The van der Waals surface area contributed by atoms with Crippen LogP contribution in [0, 0.1) is 13.8 Å². The predicted octanol–water partition coefficient (Wildman–Crippen LogP) is 3.95. The number of fused-ring (bicyclic) bond motifs is 1. The van der Waals surface area contributed by atoms with Gasteiger partial charge in [0.1, 0.15) is 0 Å². The SMILES string of the molecule is Cc1nc2nc(-c3ccc(Cl)cc3)nn2c(C)c1CC(=O)N1CCN(c2ccccc2)CC1. The number of benzene rings is 2. The van der Waals surface area contributed by atoms with E-state index in [9.17, 15) is 4.79 Å². The lowest BCUT2D eigenvalue weighted by atomic mass is 10.1. The van der Waals surface area contributed by atoms with Crippen molar-refractivity contribution in [3.8, 4) is 11.4 Å². The molecule has 8 heteroatoms. The molecule has 0 N–H and O–H groups in total. The number of piperazine rings is 1. The van der Waals surface area contributed by atoms with Crippen LogP contribution in [0.4, 0.5) is 5.69 Å². The van der Waals surface area contributed by atoms with Crippen LogP contribution in [0.1, 0.15) is 17.0 Å². The first-order valence-corrected chi connectivity index (χ1v) is 11.4. The molecule has 0 unspecified atom stereocenters. The zero-order chi connectivity index (χ0) is 22.9. The highest BCUT2D eigenvalue weighted by Crippen LogP contribution is 2.22. The molecular weight excluding hydrogens is 436 g/mol. The summed E-state index contributed by atoms with van der Waals surface area (Å²) in [5, 5.41) is 5.31. The van der Waals surface area contributed by atoms with E-state index in [1.54, 1.807) is 4.52 Å². The fourth-order valence-electron chi connectivity index (χ4n) is 4.30. The first-order valence-electron chi connectivity index (χ1n) is 11.1. The molecule has 0 saturated carbocycles. The molecular formula is C25H25ClN6O. The largest absolute Gasteiger partial charge is 0.368 e. The number of halogens is 1. The van der Waals surface area contributed by atoms with Crippen LogP contribution in [0.5, 0.6) is 0 Å². The fraction of sp³-hybridized carbons (Fsp3) is 0.280. The van der Waals surface area contributed by atoms with E-state index < -0.39 is 0 Å². The highest BCUT2D eigenvalue weighted by Gasteiger charge is 2.24. The quantitative estimate of drug-likeness (QED) is 0.461. The third-order valence-corrected chi connectivity index (χ3v) is 6.49. The Hall–Kier alpha value is -3.45. The second-order valence-corrected chi connectivity index (χ2v) is 8.73. The van der Waals surface area contributed by atoms with Crippen molar-refractivity contribution in [3.05, 3.63) is 76.6 Å². The van der Waals surface area contributed by atoms with Gasteiger partial charge in [-0.2, -0.15) is 4.98 Å². The summed E-state index contributed by atoms with van der Waals surface area (Å²) in [6.45, 7) is 6.99. The first kappa shape index (κ1) is 21.4. The lowest BCUT2D eigenvalue weighted by Crippen LogP contribution is -2.49. The van der Waals surface area contributed by atoms with Gasteiger partial charge < -0.3 is 9.80 Å². The Morgan fingerprint density at radius 1 is 0.939 bits per heavy atom. The smallest absolute Gasteiger partial charge is 0.253 e. The number of rotatable bonds is 4. The Balaban J connectivity index is 1.33. The molecule has 2 aromatic heterocycles. The number of hydrogen-bond donors (Lipinski definition) is 0. The van der Waals surface area contributed by atoms with E-state index in [1.165, 1.54) is 5.69 Å². The molecule has 0 aliphatic carbocycles. The average molecular weight is 461 g/mol. The third-order valence-electron chi connectivity index (χ3n) is 6.23. The molecule has 1 aliphatic heterocycles. The molecule has 0 radical (unpaired) electrons. The third kappa shape index (κ3) is 4.28. The number of aromatic nitrogens is 4. The van der Waals surface area contributed by atoms with Gasteiger partial charge in [-0.3, -0.25) is 4.79 Å². The molecule has 5 rings (SSSR count). The Bertz CT molecular complexity index is 1290. The Labute approximate surface area is 197 Å². The number of carbonyl (C=O) groups is 1. The minimum absolute atomic E-state index is 0.119. The van der Waals surface area contributed by atoms with Gasteiger partial charge in [0.05, 0.1) is 6.42 Å². The lowest BCUT2D eigenvalue weighted by molar-refractivity contribution is -0.130. The molecule has 0 atom stereocenters. The molecule has 1 fully saturated rings.